The van der Waals surface area contributed by atoms with Crippen molar-refractivity contribution >= 4 is 57.8 Å². The van der Waals surface area contributed by atoms with Crippen LogP contribution in [0.2, 0.25) is 0 Å². The summed E-state index contributed by atoms with van der Waals surface area (Å²) in [7, 11) is 0. The normalized spacial score (nSPS) is 26.9. The number of aromatic nitrogens is 2. The number of likely N-dealkylation sites (tertiary alicyclic amines) is 1. The molecule has 4 aromatic rings. The number of morpholine rings is 1. The molecule has 2 bridgehead atoms. The van der Waals surface area contributed by atoms with Crippen LogP contribution in [-0.4, -0.2) is 107 Å². The van der Waals surface area contributed by atoms with Gasteiger partial charge in [-0.25, -0.2) is 8.78 Å². The van der Waals surface area contributed by atoms with Crippen molar-refractivity contribution in [1.29, 1.82) is 0 Å². The molecule has 5 amide bonds. The average molecular weight is 879 g/mol. The van der Waals surface area contributed by atoms with E-state index in [1.165, 1.54) is 0 Å². The van der Waals surface area contributed by atoms with Crippen LogP contribution in [0.25, 0.3) is 11.0 Å². The SMILES string of the molecule is O=C1CCC(N2C(=O)c3cccc(NCC4CC5(CCN(C[C@H]6CC[C@H](n7cc(NC(=O)c8cccc9cc(N%10C[C@H]%11C[C@@H]%10CO%11)oc89)c(C(F)F)n7)CC6)CC5)C4)c3C2=O)C(=O)N1. The number of imide groups is 2. The number of anilines is 3. The largest absolute Gasteiger partial charge is 0.440 e. The third-order valence-electron chi connectivity index (χ3n) is 15.3. The Bertz CT molecular complexity index is 2530. The number of hydrogen-bond donors (Lipinski definition) is 3. The number of carbonyl (C=O) groups is 5. The molecule has 3 N–H and O–H groups in total. The Hall–Kier alpha value is -5.68. The number of amides is 5. The van der Waals surface area contributed by atoms with Crippen LogP contribution in [0.5, 0.6) is 0 Å². The lowest BCUT2D eigenvalue weighted by Crippen LogP contribution is -2.54. The van der Waals surface area contributed by atoms with Crippen molar-refractivity contribution in [3.63, 3.8) is 0 Å². The second kappa shape index (κ2) is 16.1. The first-order chi connectivity index (χ1) is 31.0. The van der Waals surface area contributed by atoms with E-state index in [1.807, 2.05) is 12.1 Å². The van der Waals surface area contributed by atoms with Gasteiger partial charge in [-0.05, 0) is 113 Å². The fraction of sp³-hybridized carbons (Fsp3) is 0.532. The quantitative estimate of drug-likeness (QED) is 0.140. The fourth-order valence-corrected chi connectivity index (χ4v) is 11.9. The molecule has 0 radical (unpaired) electrons. The summed E-state index contributed by atoms with van der Waals surface area (Å²) in [4.78, 5) is 70.3. The Morgan fingerprint density at radius 1 is 0.938 bits per heavy atom. The third-order valence-corrected chi connectivity index (χ3v) is 15.3. The van der Waals surface area contributed by atoms with Gasteiger partial charge in [-0.15, -0.1) is 0 Å². The monoisotopic (exact) mass is 878 g/mol. The zero-order valence-electron chi connectivity index (χ0n) is 35.5. The van der Waals surface area contributed by atoms with Crippen LogP contribution in [-0.2, 0) is 14.3 Å². The molecule has 64 heavy (non-hydrogen) atoms. The molecular weight excluding hydrogens is 827 g/mol. The lowest BCUT2D eigenvalue weighted by Gasteiger charge is -2.53. The molecule has 2 aromatic heterocycles. The Balaban J connectivity index is 0.646. The highest BCUT2D eigenvalue weighted by Crippen LogP contribution is 2.53. The number of fused-ring (bicyclic) bond motifs is 4. The number of piperidine rings is 2. The number of halogens is 2. The van der Waals surface area contributed by atoms with Gasteiger partial charge >= 0.3 is 0 Å². The molecule has 15 nitrogen and oxygen atoms in total. The van der Waals surface area contributed by atoms with E-state index in [9.17, 15) is 32.8 Å². The molecule has 3 atom stereocenters. The minimum atomic E-state index is -2.85. The van der Waals surface area contributed by atoms with Gasteiger partial charge in [0.2, 0.25) is 11.8 Å². The Kier molecular flexibility index (Phi) is 10.3. The summed E-state index contributed by atoms with van der Waals surface area (Å²) in [6.45, 7) is 5.17. The first kappa shape index (κ1) is 41.1. The molecule has 2 saturated carbocycles. The molecule has 6 fully saturated rings. The van der Waals surface area contributed by atoms with Crippen LogP contribution < -0.4 is 20.9 Å². The van der Waals surface area contributed by atoms with Gasteiger partial charge in [0, 0.05) is 49.4 Å². The van der Waals surface area contributed by atoms with Crippen molar-refractivity contribution in [2.45, 2.75) is 101 Å². The van der Waals surface area contributed by atoms with Crippen molar-refractivity contribution in [2.24, 2.45) is 17.3 Å². The van der Waals surface area contributed by atoms with E-state index in [1.54, 1.807) is 41.2 Å². The van der Waals surface area contributed by atoms with Crippen molar-refractivity contribution < 1.29 is 41.9 Å². The van der Waals surface area contributed by atoms with Crippen LogP contribution in [0.3, 0.4) is 0 Å². The number of benzene rings is 2. The number of alkyl halides is 2. The van der Waals surface area contributed by atoms with Crippen LogP contribution in [0, 0.1) is 17.3 Å². The van der Waals surface area contributed by atoms with E-state index in [0.29, 0.717) is 53.1 Å². The van der Waals surface area contributed by atoms with Crippen LogP contribution >= 0.6 is 0 Å². The topological polar surface area (TPSA) is 171 Å². The van der Waals surface area contributed by atoms with Gasteiger partial charge in [0.1, 0.15) is 11.6 Å². The number of para-hydroxylation sites is 1. The van der Waals surface area contributed by atoms with Crippen LogP contribution in [0.15, 0.2) is 53.1 Å². The summed E-state index contributed by atoms with van der Waals surface area (Å²) in [5.41, 5.74) is 1.77. The first-order valence-electron chi connectivity index (χ1n) is 22.9. The number of nitrogens with one attached hydrogen (secondary N) is 3. The number of ether oxygens (including phenoxy) is 1. The van der Waals surface area contributed by atoms with Crippen molar-refractivity contribution in [3.8, 4) is 0 Å². The number of hydrogen-bond acceptors (Lipinski definition) is 11. The van der Waals surface area contributed by atoms with Crippen LogP contribution in [0.1, 0.15) is 120 Å². The van der Waals surface area contributed by atoms with Crippen molar-refractivity contribution in [1.82, 2.24) is 24.9 Å². The van der Waals surface area contributed by atoms with Gasteiger partial charge in [0.25, 0.3) is 24.1 Å². The highest BCUT2D eigenvalue weighted by Gasteiger charge is 2.48. The molecule has 1 unspecified atom stereocenters. The van der Waals surface area contributed by atoms with Crippen LogP contribution in [0.4, 0.5) is 26.0 Å². The third kappa shape index (κ3) is 7.33. The molecule has 17 heteroatoms. The predicted molar refractivity (Wildman–Crippen MR) is 230 cm³/mol. The fourth-order valence-electron chi connectivity index (χ4n) is 11.9. The second-order valence-corrected chi connectivity index (χ2v) is 19.3. The standard InChI is InChI=1S/C47H52F2N8O7/c48-42(49)40-35(51-43(59)33-5-1-3-28-17-38(64-41(28)33)55-23-31-18-30(55)25-63-31)24-56(53-40)29-9-7-26(8-10-29)22-54-15-13-47(14-16-54)19-27(20-47)21-50-34-6-2-4-32-39(34)46(62)57(45(32)61)36-11-12-37(58)52-44(36)60/h1-6,17,24,26-27,29-31,36,42,50H,7-16,18-23,25H2,(H,51,59)(H,52,58,60)/t26-,29-,30-,31-,36?/m1/s1. The summed E-state index contributed by atoms with van der Waals surface area (Å²) < 4.78 is 42.3. The number of carbonyl (C=O) groups excluding carboxylic acids is 5. The maximum absolute atomic E-state index is 14.3. The maximum atomic E-state index is 14.3. The summed E-state index contributed by atoms with van der Waals surface area (Å²) in [6, 6.07) is 11.6. The molecule has 2 aromatic carbocycles. The molecule has 7 heterocycles. The predicted octanol–water partition coefficient (Wildman–Crippen LogP) is 6.53. The van der Waals surface area contributed by atoms with Gasteiger partial charge in [0.05, 0.1) is 47.2 Å². The maximum Gasteiger partial charge on any atom is 0.284 e. The van der Waals surface area contributed by atoms with E-state index in [2.05, 4.69) is 30.8 Å². The van der Waals surface area contributed by atoms with Gasteiger partial charge < -0.3 is 29.6 Å². The molecule has 7 aliphatic rings. The van der Waals surface area contributed by atoms with Crippen molar-refractivity contribution in [2.75, 3.05) is 54.9 Å². The van der Waals surface area contributed by atoms with Gasteiger partial charge in [0.15, 0.2) is 11.6 Å². The van der Waals surface area contributed by atoms with Gasteiger partial charge in [-0.1, -0.05) is 18.2 Å². The molecule has 1 spiro atoms. The van der Waals surface area contributed by atoms with E-state index < -0.39 is 47.7 Å². The summed E-state index contributed by atoms with van der Waals surface area (Å²) >= 11 is 0. The van der Waals surface area contributed by atoms with E-state index in [4.69, 9.17) is 9.15 Å². The number of furan rings is 1. The summed E-state index contributed by atoms with van der Waals surface area (Å²) in [5.74, 6) is -0.906. The minimum absolute atomic E-state index is 0.0182. The van der Waals surface area contributed by atoms with Crippen molar-refractivity contribution in [3.05, 3.63) is 71.0 Å². The minimum Gasteiger partial charge on any atom is -0.440 e. The lowest BCUT2D eigenvalue weighted by atomic mass is 9.57. The Labute approximate surface area is 368 Å². The highest BCUT2D eigenvalue weighted by molar-refractivity contribution is 6.25. The van der Waals surface area contributed by atoms with Gasteiger partial charge in [-0.3, -0.25) is 38.9 Å². The molecule has 336 valence electrons. The zero-order chi connectivity index (χ0) is 43.9. The van der Waals surface area contributed by atoms with Gasteiger partial charge in [-0.2, -0.15) is 5.10 Å². The number of rotatable bonds is 11. The molecule has 5 aliphatic heterocycles. The van der Waals surface area contributed by atoms with E-state index in [-0.39, 0.29) is 47.8 Å². The first-order valence-corrected chi connectivity index (χ1v) is 22.9. The lowest BCUT2D eigenvalue weighted by molar-refractivity contribution is -0.136. The average Bonchev–Trinajstić information content (AvgIpc) is 4.13. The Morgan fingerprint density at radius 2 is 1.73 bits per heavy atom. The van der Waals surface area contributed by atoms with E-state index >= 15 is 0 Å². The molecule has 4 saturated heterocycles. The summed E-state index contributed by atoms with van der Waals surface area (Å²) in [6.07, 6.45) is 8.12. The number of nitrogens with zero attached hydrogens (tertiary/aromatic N) is 5. The zero-order valence-corrected chi connectivity index (χ0v) is 35.5. The Morgan fingerprint density at radius 3 is 2.47 bits per heavy atom. The van der Waals surface area contributed by atoms with E-state index in [0.717, 1.165) is 94.3 Å². The highest BCUT2D eigenvalue weighted by atomic mass is 19.3. The molecule has 2 aliphatic carbocycles. The molecular formula is C47H52F2N8O7. The second-order valence-electron chi connectivity index (χ2n) is 19.3. The summed E-state index contributed by atoms with van der Waals surface area (Å²) in [5, 5.41) is 13.5. The smallest absolute Gasteiger partial charge is 0.284 e. The molecule has 11 rings (SSSR count).